The molecule has 10 nitrogen and oxygen atoms in total. The summed E-state index contributed by atoms with van der Waals surface area (Å²) in [5.41, 5.74) is 9.44. The summed E-state index contributed by atoms with van der Waals surface area (Å²) in [4.78, 5) is 53.4. The summed E-state index contributed by atoms with van der Waals surface area (Å²) in [5, 5.41) is 5.59. The van der Waals surface area contributed by atoms with Crippen LogP contribution in [0.25, 0.3) is 28.4 Å². The molecule has 0 bridgehead atoms. The summed E-state index contributed by atoms with van der Waals surface area (Å²) < 4.78 is 0. The smallest absolute Gasteiger partial charge is 0.257 e. The fraction of sp³-hybridized carbons (Fsp3) is 0.154. The van der Waals surface area contributed by atoms with E-state index >= 15 is 0 Å². The number of allylic oxidation sites excluding steroid dienone is 1. The van der Waals surface area contributed by atoms with Crippen molar-refractivity contribution in [3.63, 3.8) is 0 Å². The van der Waals surface area contributed by atoms with Crippen LogP contribution in [-0.2, 0) is 6.54 Å². The number of fused-ring (bicyclic) bond motifs is 1. The van der Waals surface area contributed by atoms with E-state index in [-0.39, 0.29) is 23.4 Å². The summed E-state index contributed by atoms with van der Waals surface area (Å²) in [7, 11) is 1.58. The van der Waals surface area contributed by atoms with Gasteiger partial charge in [-0.15, -0.1) is 0 Å². The molecule has 10 heteroatoms. The quantitative estimate of drug-likeness (QED) is 0.328. The maximum Gasteiger partial charge on any atom is 0.257 e. The highest BCUT2D eigenvalue weighted by Crippen LogP contribution is 2.18. The number of H-pyrrole nitrogens is 1. The van der Waals surface area contributed by atoms with Gasteiger partial charge in [0.1, 0.15) is 11.2 Å². The van der Waals surface area contributed by atoms with Crippen LogP contribution in [0.5, 0.6) is 0 Å². The predicted octanol–water partition coefficient (Wildman–Crippen LogP) is 2.30. The number of benzene rings is 1. The second kappa shape index (κ2) is 10.2. The average Bonchev–Trinajstić information content (AvgIpc) is 2.86. The van der Waals surface area contributed by atoms with Gasteiger partial charge in [0, 0.05) is 48.9 Å². The molecule has 0 radical (unpaired) electrons. The highest BCUT2D eigenvalue weighted by Gasteiger charge is 2.16. The van der Waals surface area contributed by atoms with Gasteiger partial charge in [0.2, 0.25) is 5.43 Å². The van der Waals surface area contributed by atoms with Crippen LogP contribution >= 0.6 is 0 Å². The molecule has 0 atom stereocenters. The number of aryl methyl sites for hydroxylation is 1. The summed E-state index contributed by atoms with van der Waals surface area (Å²) in [6, 6.07) is 10.8. The lowest BCUT2D eigenvalue weighted by Crippen LogP contribution is -2.29. The molecule has 3 aromatic heterocycles. The lowest BCUT2D eigenvalue weighted by atomic mass is 10.1. The number of hydrogen-bond acceptors (Lipinski definition) is 7. The van der Waals surface area contributed by atoms with E-state index in [2.05, 4.69) is 30.6 Å². The first-order valence-electron chi connectivity index (χ1n) is 11.2. The molecule has 1 aromatic carbocycles. The van der Waals surface area contributed by atoms with Crippen molar-refractivity contribution in [3.05, 3.63) is 92.9 Å². The number of aromatic amines is 1. The summed E-state index contributed by atoms with van der Waals surface area (Å²) in [6.07, 6.45) is 4.60. The van der Waals surface area contributed by atoms with E-state index in [1.54, 1.807) is 45.3 Å². The Balaban J connectivity index is 1.47. The minimum absolute atomic E-state index is 0.0340. The van der Waals surface area contributed by atoms with Gasteiger partial charge in [0.15, 0.2) is 5.82 Å². The minimum Gasteiger partial charge on any atom is -0.402 e. The molecule has 4 aromatic rings. The molecular weight excluding hydrogens is 458 g/mol. The highest BCUT2D eigenvalue weighted by molar-refractivity contribution is 5.97. The van der Waals surface area contributed by atoms with Gasteiger partial charge in [-0.05, 0) is 37.6 Å². The molecule has 182 valence electrons. The Hall–Kier alpha value is -4.86. The standard InChI is InChI=1S/C26H25N7O3/c1-14(27)10-21-32-15(2)22-23(34)19(13-30-24(22)33-21)26(36)31-12-16-4-9-20(29-11-16)17-5-7-18(8-6-17)25(35)28-3/h4-11,13H,12,27H2,1-3H3,(H,28,35)(H,31,36)(H,30,32,33,34)/b14-10-. The van der Waals surface area contributed by atoms with Crippen LogP contribution in [-0.4, -0.2) is 38.8 Å². The molecule has 5 N–H and O–H groups in total. The van der Waals surface area contributed by atoms with E-state index in [9.17, 15) is 14.4 Å². The lowest BCUT2D eigenvalue weighted by molar-refractivity contribution is 0.0946. The van der Waals surface area contributed by atoms with E-state index < -0.39 is 11.3 Å². The molecule has 2 amide bonds. The topological polar surface area (TPSA) is 156 Å². The van der Waals surface area contributed by atoms with Crippen molar-refractivity contribution in [2.24, 2.45) is 5.73 Å². The van der Waals surface area contributed by atoms with Gasteiger partial charge in [0.25, 0.3) is 11.8 Å². The zero-order valence-corrected chi connectivity index (χ0v) is 20.0. The SMILES string of the molecule is CNC(=O)c1ccc(-c2ccc(CNC(=O)c3c[nH]c4nc(/C=C(/C)N)nc(C)c4c3=O)cn2)cc1. The van der Waals surface area contributed by atoms with Gasteiger partial charge in [-0.25, -0.2) is 9.97 Å². The van der Waals surface area contributed by atoms with Crippen LogP contribution in [0.2, 0.25) is 0 Å². The molecule has 0 spiro atoms. The molecule has 0 unspecified atom stereocenters. The molecule has 0 fully saturated rings. The Kier molecular flexibility index (Phi) is 6.86. The lowest BCUT2D eigenvalue weighted by Gasteiger charge is -2.08. The van der Waals surface area contributed by atoms with Crippen molar-refractivity contribution in [3.8, 4) is 11.3 Å². The number of nitrogens with one attached hydrogen (secondary N) is 3. The summed E-state index contributed by atoms with van der Waals surface area (Å²) in [5.74, 6) is -0.295. The maximum atomic E-state index is 13.0. The zero-order chi connectivity index (χ0) is 25.8. The Bertz CT molecular complexity index is 1540. The molecule has 0 aliphatic carbocycles. The van der Waals surface area contributed by atoms with E-state index in [1.165, 1.54) is 6.20 Å². The Morgan fingerprint density at radius 2 is 1.83 bits per heavy atom. The van der Waals surface area contributed by atoms with Gasteiger partial charge in [-0.2, -0.15) is 0 Å². The van der Waals surface area contributed by atoms with Crippen LogP contribution in [0.4, 0.5) is 0 Å². The Morgan fingerprint density at radius 3 is 2.47 bits per heavy atom. The third kappa shape index (κ3) is 5.12. The predicted molar refractivity (Wildman–Crippen MR) is 137 cm³/mol. The van der Waals surface area contributed by atoms with Crippen LogP contribution in [0.1, 0.15) is 44.7 Å². The number of pyridine rings is 2. The van der Waals surface area contributed by atoms with Crippen molar-refractivity contribution in [1.29, 1.82) is 0 Å². The number of nitrogens with zero attached hydrogens (tertiary/aromatic N) is 3. The average molecular weight is 484 g/mol. The number of aromatic nitrogens is 4. The normalized spacial score (nSPS) is 11.4. The molecule has 4 rings (SSSR count). The Morgan fingerprint density at radius 1 is 1.08 bits per heavy atom. The van der Waals surface area contributed by atoms with Gasteiger partial charge >= 0.3 is 0 Å². The van der Waals surface area contributed by atoms with Gasteiger partial charge < -0.3 is 21.4 Å². The Labute approximate surface area is 206 Å². The molecule has 0 aliphatic rings. The number of rotatable bonds is 6. The summed E-state index contributed by atoms with van der Waals surface area (Å²) in [6.45, 7) is 3.59. The minimum atomic E-state index is -0.520. The monoisotopic (exact) mass is 483 g/mol. The van der Waals surface area contributed by atoms with Crippen LogP contribution in [0.15, 0.2) is 59.3 Å². The number of nitrogens with two attached hydrogens (primary N) is 1. The van der Waals surface area contributed by atoms with E-state index in [4.69, 9.17) is 5.73 Å². The molecule has 36 heavy (non-hydrogen) atoms. The molecular formula is C26H25N7O3. The first-order chi connectivity index (χ1) is 17.3. The second-order valence-corrected chi connectivity index (χ2v) is 8.20. The molecule has 0 aliphatic heterocycles. The number of carbonyl (C=O) groups is 2. The molecule has 0 saturated heterocycles. The fourth-order valence-corrected chi connectivity index (χ4v) is 3.66. The van der Waals surface area contributed by atoms with E-state index in [0.29, 0.717) is 28.4 Å². The van der Waals surface area contributed by atoms with Gasteiger partial charge in [-0.3, -0.25) is 19.4 Å². The largest absolute Gasteiger partial charge is 0.402 e. The second-order valence-electron chi connectivity index (χ2n) is 8.20. The highest BCUT2D eigenvalue weighted by atomic mass is 16.2. The van der Waals surface area contributed by atoms with Crippen molar-refractivity contribution in [2.45, 2.75) is 20.4 Å². The van der Waals surface area contributed by atoms with Crippen molar-refractivity contribution >= 4 is 28.9 Å². The zero-order valence-electron chi connectivity index (χ0n) is 20.0. The first-order valence-corrected chi connectivity index (χ1v) is 11.2. The molecule has 0 saturated carbocycles. The number of amides is 2. The van der Waals surface area contributed by atoms with Crippen molar-refractivity contribution in [1.82, 2.24) is 30.6 Å². The van der Waals surface area contributed by atoms with Crippen molar-refractivity contribution < 1.29 is 9.59 Å². The number of carbonyl (C=O) groups excluding carboxylic acids is 2. The third-order valence-corrected chi connectivity index (χ3v) is 5.48. The van der Waals surface area contributed by atoms with Crippen molar-refractivity contribution in [2.75, 3.05) is 7.05 Å². The number of hydrogen-bond donors (Lipinski definition) is 4. The van der Waals surface area contributed by atoms with Crippen LogP contribution in [0, 0.1) is 6.92 Å². The first kappa shape index (κ1) is 24.3. The fourth-order valence-electron chi connectivity index (χ4n) is 3.66. The summed E-state index contributed by atoms with van der Waals surface area (Å²) >= 11 is 0. The van der Waals surface area contributed by atoms with E-state index in [0.717, 1.165) is 16.8 Å². The van der Waals surface area contributed by atoms with Crippen LogP contribution < -0.4 is 21.8 Å². The maximum absolute atomic E-state index is 13.0. The van der Waals surface area contributed by atoms with E-state index in [1.807, 2.05) is 24.3 Å². The van der Waals surface area contributed by atoms with Crippen LogP contribution in [0.3, 0.4) is 0 Å². The molecule has 3 heterocycles. The third-order valence-electron chi connectivity index (χ3n) is 5.48. The van der Waals surface area contributed by atoms with Gasteiger partial charge in [0.05, 0.1) is 16.8 Å². The van der Waals surface area contributed by atoms with Gasteiger partial charge in [-0.1, -0.05) is 18.2 Å².